The number of hydrogen-bond acceptors (Lipinski definition) is 5. The lowest BCUT2D eigenvalue weighted by Crippen LogP contribution is -2.36. The minimum Gasteiger partial charge on any atom is -0.497 e. The Balaban J connectivity index is 1.95. The Kier molecular flexibility index (Phi) is 6.43. The molecule has 2 N–H and O–H groups in total. The van der Waals surface area contributed by atoms with Gasteiger partial charge in [0.05, 0.1) is 31.5 Å². The Morgan fingerprint density at radius 2 is 1.92 bits per heavy atom. The molecule has 0 aliphatic carbocycles. The lowest BCUT2D eigenvalue weighted by atomic mass is 10.2. The van der Waals surface area contributed by atoms with Crippen molar-refractivity contribution in [3.63, 3.8) is 0 Å². The fraction of sp³-hybridized carbons (Fsp3) is 0.412. The molecule has 0 aliphatic heterocycles. The van der Waals surface area contributed by atoms with Crippen LogP contribution in [0.4, 0.5) is 0 Å². The van der Waals surface area contributed by atoms with Gasteiger partial charge in [-0.15, -0.1) is 11.3 Å². The zero-order valence-corrected chi connectivity index (χ0v) is 15.6. The SMILES string of the molecule is CN=C(NCc1ccc(OC)cc1OC)NCc1sc(C)nc1C. The van der Waals surface area contributed by atoms with E-state index in [1.54, 1.807) is 32.6 Å². The van der Waals surface area contributed by atoms with Crippen molar-refractivity contribution in [3.8, 4) is 11.5 Å². The summed E-state index contributed by atoms with van der Waals surface area (Å²) in [5.74, 6) is 2.29. The standard InChI is InChI=1S/C17H24N4O2S/c1-11-16(24-12(2)21-11)10-20-17(18-3)19-9-13-6-7-14(22-4)8-15(13)23-5/h6-8H,9-10H2,1-5H3,(H2,18,19,20). The number of aromatic nitrogens is 1. The zero-order valence-electron chi connectivity index (χ0n) is 14.8. The van der Waals surface area contributed by atoms with Crippen LogP contribution in [0.3, 0.4) is 0 Å². The van der Waals surface area contributed by atoms with E-state index in [0.717, 1.165) is 33.7 Å². The predicted molar refractivity (Wildman–Crippen MR) is 98.2 cm³/mol. The van der Waals surface area contributed by atoms with Gasteiger partial charge in [0, 0.05) is 30.1 Å². The van der Waals surface area contributed by atoms with Gasteiger partial charge < -0.3 is 20.1 Å². The summed E-state index contributed by atoms with van der Waals surface area (Å²) in [6.45, 7) is 5.35. The van der Waals surface area contributed by atoms with Crippen molar-refractivity contribution in [1.82, 2.24) is 15.6 Å². The zero-order chi connectivity index (χ0) is 17.5. The molecule has 7 heteroatoms. The first-order valence-electron chi connectivity index (χ1n) is 7.65. The third kappa shape index (κ3) is 4.61. The maximum Gasteiger partial charge on any atom is 0.191 e. The van der Waals surface area contributed by atoms with E-state index in [9.17, 15) is 0 Å². The van der Waals surface area contributed by atoms with Crippen LogP contribution in [0.15, 0.2) is 23.2 Å². The molecule has 0 amide bonds. The fourth-order valence-electron chi connectivity index (χ4n) is 2.30. The number of methoxy groups -OCH3 is 2. The molecule has 130 valence electrons. The van der Waals surface area contributed by atoms with Crippen molar-refractivity contribution >= 4 is 17.3 Å². The Morgan fingerprint density at radius 1 is 1.17 bits per heavy atom. The van der Waals surface area contributed by atoms with Gasteiger partial charge in [0.2, 0.25) is 0 Å². The number of ether oxygens (including phenoxy) is 2. The summed E-state index contributed by atoms with van der Waals surface area (Å²) in [7, 11) is 5.05. The summed E-state index contributed by atoms with van der Waals surface area (Å²) >= 11 is 1.70. The Bertz CT molecular complexity index is 713. The van der Waals surface area contributed by atoms with Crippen LogP contribution >= 0.6 is 11.3 Å². The van der Waals surface area contributed by atoms with Crippen molar-refractivity contribution in [1.29, 1.82) is 0 Å². The molecular weight excluding hydrogens is 324 g/mol. The maximum absolute atomic E-state index is 5.41. The second-order valence-electron chi connectivity index (χ2n) is 5.20. The maximum atomic E-state index is 5.41. The quantitative estimate of drug-likeness (QED) is 0.620. The molecule has 24 heavy (non-hydrogen) atoms. The number of aliphatic imine (C=N–C) groups is 1. The molecule has 1 aromatic carbocycles. The molecule has 0 saturated heterocycles. The molecule has 0 bridgehead atoms. The van der Waals surface area contributed by atoms with E-state index in [1.807, 2.05) is 32.0 Å². The van der Waals surface area contributed by atoms with Crippen LogP contribution < -0.4 is 20.1 Å². The second kappa shape index (κ2) is 8.54. The second-order valence-corrected chi connectivity index (χ2v) is 6.49. The Hall–Kier alpha value is -2.28. The van der Waals surface area contributed by atoms with Crippen LogP contribution in [-0.2, 0) is 13.1 Å². The monoisotopic (exact) mass is 348 g/mol. The molecule has 0 aliphatic rings. The first-order chi connectivity index (χ1) is 11.6. The van der Waals surface area contributed by atoms with Gasteiger partial charge >= 0.3 is 0 Å². The topological polar surface area (TPSA) is 67.8 Å². The first kappa shape index (κ1) is 18.1. The van der Waals surface area contributed by atoms with Gasteiger partial charge in [0.25, 0.3) is 0 Å². The van der Waals surface area contributed by atoms with Crippen LogP contribution in [-0.4, -0.2) is 32.2 Å². The van der Waals surface area contributed by atoms with Crippen molar-refractivity contribution in [2.45, 2.75) is 26.9 Å². The number of hydrogen-bond donors (Lipinski definition) is 2. The Labute approximate surface area is 146 Å². The van der Waals surface area contributed by atoms with Crippen LogP contribution in [0.5, 0.6) is 11.5 Å². The summed E-state index contributed by atoms with van der Waals surface area (Å²) in [5.41, 5.74) is 2.10. The number of guanidine groups is 1. The normalized spacial score (nSPS) is 11.3. The third-order valence-electron chi connectivity index (χ3n) is 3.58. The number of rotatable bonds is 6. The van der Waals surface area contributed by atoms with Gasteiger partial charge in [-0.1, -0.05) is 0 Å². The summed E-state index contributed by atoms with van der Waals surface area (Å²) in [4.78, 5) is 9.91. The highest BCUT2D eigenvalue weighted by atomic mass is 32.1. The molecule has 6 nitrogen and oxygen atoms in total. The van der Waals surface area contributed by atoms with E-state index in [2.05, 4.69) is 20.6 Å². The molecule has 0 radical (unpaired) electrons. The largest absolute Gasteiger partial charge is 0.497 e. The van der Waals surface area contributed by atoms with E-state index in [4.69, 9.17) is 9.47 Å². The van der Waals surface area contributed by atoms with Gasteiger partial charge in [-0.05, 0) is 26.0 Å². The van der Waals surface area contributed by atoms with Crippen LogP contribution in [0.2, 0.25) is 0 Å². The Morgan fingerprint density at radius 3 is 2.50 bits per heavy atom. The van der Waals surface area contributed by atoms with E-state index in [0.29, 0.717) is 13.1 Å². The average molecular weight is 348 g/mol. The van der Waals surface area contributed by atoms with Gasteiger partial charge in [0.15, 0.2) is 5.96 Å². The number of nitrogens with zero attached hydrogens (tertiary/aromatic N) is 2. The molecule has 0 unspecified atom stereocenters. The lowest BCUT2D eigenvalue weighted by Gasteiger charge is -2.14. The molecule has 2 rings (SSSR count). The average Bonchev–Trinajstić information content (AvgIpc) is 2.92. The number of thiazole rings is 1. The van der Waals surface area contributed by atoms with Crippen molar-refractivity contribution in [2.75, 3.05) is 21.3 Å². The van der Waals surface area contributed by atoms with Crippen LogP contribution in [0.25, 0.3) is 0 Å². The minimum absolute atomic E-state index is 0.605. The van der Waals surface area contributed by atoms with Crippen LogP contribution in [0, 0.1) is 13.8 Å². The first-order valence-corrected chi connectivity index (χ1v) is 8.47. The van der Waals surface area contributed by atoms with Gasteiger partial charge in [-0.3, -0.25) is 4.99 Å². The van der Waals surface area contributed by atoms with Crippen molar-refractivity contribution in [3.05, 3.63) is 39.3 Å². The number of aryl methyl sites for hydroxylation is 2. The van der Waals surface area contributed by atoms with E-state index < -0.39 is 0 Å². The van der Waals surface area contributed by atoms with E-state index >= 15 is 0 Å². The summed E-state index contributed by atoms with van der Waals surface area (Å²) < 4.78 is 10.6. The minimum atomic E-state index is 0.605. The molecule has 1 aromatic heterocycles. The van der Waals surface area contributed by atoms with Gasteiger partial charge in [0.1, 0.15) is 11.5 Å². The van der Waals surface area contributed by atoms with E-state index in [1.165, 1.54) is 4.88 Å². The predicted octanol–water partition coefficient (Wildman–Crippen LogP) is 2.64. The summed E-state index contributed by atoms with van der Waals surface area (Å²) in [6.07, 6.45) is 0. The fourth-order valence-corrected chi connectivity index (χ4v) is 3.18. The van der Waals surface area contributed by atoms with E-state index in [-0.39, 0.29) is 0 Å². The summed E-state index contributed by atoms with van der Waals surface area (Å²) in [5, 5.41) is 7.69. The highest BCUT2D eigenvalue weighted by Gasteiger charge is 2.08. The molecule has 0 spiro atoms. The molecule has 0 saturated carbocycles. The molecule has 1 heterocycles. The lowest BCUT2D eigenvalue weighted by molar-refractivity contribution is 0.390. The highest BCUT2D eigenvalue weighted by Crippen LogP contribution is 2.24. The highest BCUT2D eigenvalue weighted by molar-refractivity contribution is 7.11. The molecule has 0 fully saturated rings. The molecule has 2 aromatic rings. The third-order valence-corrected chi connectivity index (χ3v) is 4.65. The molecular formula is C17H24N4O2S. The van der Waals surface area contributed by atoms with Crippen molar-refractivity contribution in [2.24, 2.45) is 4.99 Å². The number of benzene rings is 1. The van der Waals surface area contributed by atoms with Gasteiger partial charge in [-0.2, -0.15) is 0 Å². The van der Waals surface area contributed by atoms with Crippen LogP contribution in [0.1, 0.15) is 21.1 Å². The van der Waals surface area contributed by atoms with Gasteiger partial charge in [-0.25, -0.2) is 4.98 Å². The molecule has 0 atom stereocenters. The smallest absolute Gasteiger partial charge is 0.191 e. The number of nitrogens with one attached hydrogen (secondary N) is 2. The van der Waals surface area contributed by atoms with Crippen molar-refractivity contribution < 1.29 is 9.47 Å². The summed E-state index contributed by atoms with van der Waals surface area (Å²) in [6, 6.07) is 5.77.